The molecule has 1 N–H and O–H groups in total. The maximum atomic E-state index is 13.9. The molecule has 1 fully saturated rings. The van der Waals surface area contributed by atoms with Crippen LogP contribution in [0, 0.1) is 11.6 Å². The van der Waals surface area contributed by atoms with E-state index in [0.29, 0.717) is 19.3 Å². The SMILES string of the molecule is COc1ccc(S(=O)(=O)N2CCOCC2)cc1NC(=O)c1ccc(F)cc1F. The molecule has 1 aliphatic rings. The molecule has 2 aromatic rings. The Labute approximate surface area is 160 Å². The van der Waals surface area contributed by atoms with Crippen LogP contribution in [0.5, 0.6) is 5.75 Å². The maximum absolute atomic E-state index is 13.9. The molecule has 0 atom stereocenters. The Hall–Kier alpha value is -2.56. The summed E-state index contributed by atoms with van der Waals surface area (Å²) in [6.45, 7) is 1.03. The van der Waals surface area contributed by atoms with Crippen molar-refractivity contribution in [3.63, 3.8) is 0 Å². The molecule has 0 unspecified atom stereocenters. The lowest BCUT2D eigenvalue weighted by atomic mass is 10.2. The van der Waals surface area contributed by atoms with Crippen LogP contribution in [0.15, 0.2) is 41.3 Å². The molecule has 1 saturated heterocycles. The molecule has 1 amide bonds. The first-order valence-electron chi connectivity index (χ1n) is 8.35. The molecule has 7 nitrogen and oxygen atoms in total. The fraction of sp³-hybridized carbons (Fsp3) is 0.278. The first-order valence-corrected chi connectivity index (χ1v) is 9.79. The molecule has 1 aliphatic heterocycles. The van der Waals surface area contributed by atoms with E-state index in [1.807, 2.05) is 0 Å². The van der Waals surface area contributed by atoms with E-state index < -0.39 is 27.6 Å². The smallest absolute Gasteiger partial charge is 0.258 e. The van der Waals surface area contributed by atoms with Crippen LogP contribution in [0.4, 0.5) is 14.5 Å². The van der Waals surface area contributed by atoms with Crippen molar-refractivity contribution in [2.45, 2.75) is 4.90 Å². The Morgan fingerprint density at radius 3 is 2.50 bits per heavy atom. The summed E-state index contributed by atoms with van der Waals surface area (Å²) >= 11 is 0. The van der Waals surface area contributed by atoms with E-state index in [-0.39, 0.29) is 35.0 Å². The first-order chi connectivity index (χ1) is 13.3. The first kappa shape index (κ1) is 20.2. The monoisotopic (exact) mass is 412 g/mol. The largest absolute Gasteiger partial charge is 0.495 e. The number of sulfonamides is 1. The van der Waals surface area contributed by atoms with Gasteiger partial charge in [-0.25, -0.2) is 17.2 Å². The van der Waals surface area contributed by atoms with Gasteiger partial charge in [0, 0.05) is 19.2 Å². The molecule has 0 saturated carbocycles. The molecule has 0 spiro atoms. The van der Waals surface area contributed by atoms with Gasteiger partial charge >= 0.3 is 0 Å². The van der Waals surface area contributed by atoms with E-state index in [0.717, 1.165) is 12.1 Å². The fourth-order valence-electron chi connectivity index (χ4n) is 2.74. The summed E-state index contributed by atoms with van der Waals surface area (Å²) < 4.78 is 64.1. The number of hydrogen-bond acceptors (Lipinski definition) is 5. The van der Waals surface area contributed by atoms with E-state index in [4.69, 9.17) is 9.47 Å². The normalized spacial score (nSPS) is 15.2. The molecule has 10 heteroatoms. The van der Waals surface area contributed by atoms with Crippen LogP contribution in [0.3, 0.4) is 0 Å². The van der Waals surface area contributed by atoms with Gasteiger partial charge in [0.15, 0.2) is 0 Å². The van der Waals surface area contributed by atoms with E-state index >= 15 is 0 Å². The van der Waals surface area contributed by atoms with Crippen LogP contribution in [0.1, 0.15) is 10.4 Å². The number of halogens is 2. The van der Waals surface area contributed by atoms with Gasteiger partial charge < -0.3 is 14.8 Å². The minimum absolute atomic E-state index is 0.0468. The van der Waals surface area contributed by atoms with Gasteiger partial charge in [-0.05, 0) is 30.3 Å². The Morgan fingerprint density at radius 1 is 1.14 bits per heavy atom. The van der Waals surface area contributed by atoms with Crippen molar-refractivity contribution in [2.75, 3.05) is 38.7 Å². The number of anilines is 1. The quantitative estimate of drug-likeness (QED) is 0.814. The number of morpholine rings is 1. The number of nitrogens with one attached hydrogen (secondary N) is 1. The van der Waals surface area contributed by atoms with Gasteiger partial charge in [-0.2, -0.15) is 4.31 Å². The van der Waals surface area contributed by atoms with Crippen molar-refractivity contribution >= 4 is 21.6 Å². The third-order valence-electron chi connectivity index (χ3n) is 4.20. The third-order valence-corrected chi connectivity index (χ3v) is 6.10. The molecule has 0 aromatic heterocycles. The summed E-state index contributed by atoms with van der Waals surface area (Å²) in [5, 5.41) is 2.42. The van der Waals surface area contributed by atoms with E-state index in [1.54, 1.807) is 0 Å². The van der Waals surface area contributed by atoms with Gasteiger partial charge in [0.05, 0.1) is 36.5 Å². The number of rotatable bonds is 5. The highest BCUT2D eigenvalue weighted by Gasteiger charge is 2.27. The average molecular weight is 412 g/mol. The van der Waals surface area contributed by atoms with Gasteiger partial charge in [0.1, 0.15) is 17.4 Å². The second-order valence-electron chi connectivity index (χ2n) is 5.96. The average Bonchev–Trinajstić information content (AvgIpc) is 2.68. The lowest BCUT2D eigenvalue weighted by Gasteiger charge is -2.26. The summed E-state index contributed by atoms with van der Waals surface area (Å²) in [6, 6.07) is 6.53. The number of methoxy groups -OCH3 is 1. The van der Waals surface area contributed by atoms with Gasteiger partial charge in [0.25, 0.3) is 5.91 Å². The molecule has 0 aliphatic carbocycles. The predicted molar refractivity (Wildman–Crippen MR) is 96.9 cm³/mol. The number of carbonyl (C=O) groups excluding carboxylic acids is 1. The van der Waals surface area contributed by atoms with Gasteiger partial charge in [0.2, 0.25) is 10.0 Å². The molecular formula is C18H18F2N2O5S. The van der Waals surface area contributed by atoms with Crippen LogP contribution < -0.4 is 10.1 Å². The van der Waals surface area contributed by atoms with Crippen LogP contribution in [-0.2, 0) is 14.8 Å². The summed E-state index contributed by atoms with van der Waals surface area (Å²) in [5.41, 5.74) is -0.338. The molecule has 0 bridgehead atoms. The van der Waals surface area contributed by atoms with E-state index in [2.05, 4.69) is 5.32 Å². The third kappa shape index (κ3) is 4.13. The highest BCUT2D eigenvalue weighted by atomic mass is 32.2. The van der Waals surface area contributed by atoms with Gasteiger partial charge in [-0.3, -0.25) is 4.79 Å². The second-order valence-corrected chi connectivity index (χ2v) is 7.89. The zero-order valence-electron chi connectivity index (χ0n) is 14.9. The predicted octanol–water partition coefficient (Wildman–Crippen LogP) is 2.25. The van der Waals surface area contributed by atoms with Crippen LogP contribution in [0.2, 0.25) is 0 Å². The van der Waals surface area contributed by atoms with Crippen LogP contribution >= 0.6 is 0 Å². The van der Waals surface area contributed by atoms with Crippen molar-refractivity contribution in [3.8, 4) is 5.75 Å². The lowest BCUT2D eigenvalue weighted by molar-refractivity contribution is 0.0730. The molecule has 2 aromatic carbocycles. The van der Waals surface area contributed by atoms with Crippen molar-refractivity contribution in [1.82, 2.24) is 4.31 Å². The fourth-order valence-corrected chi connectivity index (χ4v) is 4.18. The molecule has 1 heterocycles. The summed E-state index contributed by atoms with van der Waals surface area (Å²) in [4.78, 5) is 12.3. The minimum atomic E-state index is -3.80. The highest BCUT2D eigenvalue weighted by Crippen LogP contribution is 2.30. The summed E-state index contributed by atoms with van der Waals surface area (Å²) in [5.74, 6) is -2.52. The Balaban J connectivity index is 1.92. The lowest BCUT2D eigenvalue weighted by Crippen LogP contribution is -2.40. The van der Waals surface area contributed by atoms with Crippen molar-refractivity contribution in [3.05, 3.63) is 53.6 Å². The second kappa shape index (κ2) is 8.21. The standard InChI is InChI=1S/C18H18F2N2O5S/c1-26-17-5-3-13(28(24,25)22-6-8-27-9-7-22)11-16(17)21-18(23)14-4-2-12(19)10-15(14)20/h2-5,10-11H,6-9H2,1H3,(H,21,23). The maximum Gasteiger partial charge on any atom is 0.258 e. The molecule has 3 rings (SSSR count). The Kier molecular flexibility index (Phi) is 5.92. The van der Waals surface area contributed by atoms with Crippen molar-refractivity contribution in [1.29, 1.82) is 0 Å². The number of amides is 1. The number of nitrogens with zero attached hydrogens (tertiary/aromatic N) is 1. The zero-order valence-corrected chi connectivity index (χ0v) is 15.8. The van der Waals surface area contributed by atoms with Gasteiger partial charge in [-0.15, -0.1) is 0 Å². The number of hydrogen-bond donors (Lipinski definition) is 1. The Bertz CT molecular complexity index is 991. The van der Waals surface area contributed by atoms with E-state index in [1.165, 1.54) is 29.6 Å². The number of benzene rings is 2. The summed E-state index contributed by atoms with van der Waals surface area (Å²) in [6.07, 6.45) is 0. The summed E-state index contributed by atoms with van der Waals surface area (Å²) in [7, 11) is -2.45. The zero-order chi connectivity index (χ0) is 20.3. The molecule has 0 radical (unpaired) electrons. The highest BCUT2D eigenvalue weighted by molar-refractivity contribution is 7.89. The van der Waals surface area contributed by atoms with Crippen LogP contribution in [0.25, 0.3) is 0 Å². The molecular weight excluding hydrogens is 394 g/mol. The van der Waals surface area contributed by atoms with Gasteiger partial charge in [-0.1, -0.05) is 0 Å². The molecule has 28 heavy (non-hydrogen) atoms. The number of carbonyl (C=O) groups is 1. The molecule has 150 valence electrons. The number of ether oxygens (including phenoxy) is 2. The minimum Gasteiger partial charge on any atom is -0.495 e. The van der Waals surface area contributed by atoms with Crippen LogP contribution in [-0.4, -0.2) is 52.0 Å². The Morgan fingerprint density at radius 2 is 1.86 bits per heavy atom. The topological polar surface area (TPSA) is 84.9 Å². The van der Waals surface area contributed by atoms with Crippen molar-refractivity contribution in [2.24, 2.45) is 0 Å². The van der Waals surface area contributed by atoms with Crippen molar-refractivity contribution < 1.29 is 31.5 Å². The van der Waals surface area contributed by atoms with E-state index in [9.17, 15) is 22.0 Å².